The molecule has 0 spiro atoms. The number of benzene rings is 2. The first-order valence-corrected chi connectivity index (χ1v) is 9.48. The van der Waals surface area contributed by atoms with Crippen molar-refractivity contribution in [2.45, 2.75) is 0 Å². The molecule has 1 amide bonds. The van der Waals surface area contributed by atoms with Crippen LogP contribution in [-0.4, -0.2) is 32.9 Å². The first-order chi connectivity index (χ1) is 13.0. The summed E-state index contributed by atoms with van der Waals surface area (Å²) in [6, 6.07) is 8.72. The number of hydrazone groups is 1. The molecule has 0 unspecified atom stereocenters. The largest absolute Gasteiger partial charge is 0.496 e. The number of rotatable bonds is 7. The summed E-state index contributed by atoms with van der Waals surface area (Å²) in [5.74, 6) is 3.58. The normalized spacial score (nSPS) is 10.3. The molecule has 2 rings (SSSR count). The molecular weight excluding hydrogens is 527 g/mol. The van der Waals surface area contributed by atoms with Gasteiger partial charge in [0.1, 0.15) is 12.4 Å². The molecule has 0 bridgehead atoms. The monoisotopic (exact) mass is 542 g/mol. The van der Waals surface area contributed by atoms with Gasteiger partial charge in [-0.15, -0.1) is 6.42 Å². The van der Waals surface area contributed by atoms with E-state index in [9.17, 15) is 4.79 Å². The van der Waals surface area contributed by atoms with E-state index < -0.39 is 0 Å². The van der Waals surface area contributed by atoms with Gasteiger partial charge in [0.2, 0.25) is 0 Å². The van der Waals surface area contributed by atoms with Gasteiger partial charge in [-0.3, -0.25) is 4.79 Å². The van der Waals surface area contributed by atoms with E-state index in [-0.39, 0.29) is 12.5 Å². The molecule has 0 aliphatic rings. The second kappa shape index (κ2) is 10.2. The number of ether oxygens (including phenoxy) is 3. The first-order valence-electron chi connectivity index (χ1n) is 7.61. The van der Waals surface area contributed by atoms with Gasteiger partial charge < -0.3 is 14.2 Å². The van der Waals surface area contributed by atoms with Crippen LogP contribution in [0.25, 0.3) is 0 Å². The van der Waals surface area contributed by atoms with Gasteiger partial charge in [0.25, 0.3) is 5.91 Å². The van der Waals surface area contributed by atoms with Crippen molar-refractivity contribution in [2.24, 2.45) is 5.10 Å². The summed E-state index contributed by atoms with van der Waals surface area (Å²) in [7, 11) is 3.04. The van der Waals surface area contributed by atoms with Gasteiger partial charge in [-0.2, -0.15) is 5.10 Å². The van der Waals surface area contributed by atoms with E-state index >= 15 is 0 Å². The number of nitrogens with zero attached hydrogens (tertiary/aromatic N) is 1. The smallest absolute Gasteiger partial charge is 0.275 e. The molecule has 1 N–H and O–H groups in total. The van der Waals surface area contributed by atoms with Crippen LogP contribution in [0.15, 0.2) is 39.9 Å². The summed E-state index contributed by atoms with van der Waals surface area (Å²) >= 11 is 5.45. The minimum atomic E-state index is -0.389. The van der Waals surface area contributed by atoms with E-state index in [4.69, 9.17) is 20.6 Å². The van der Waals surface area contributed by atoms with Crippen LogP contribution in [-0.2, 0) is 0 Å². The van der Waals surface area contributed by atoms with Gasteiger partial charge in [0.15, 0.2) is 11.5 Å². The van der Waals surface area contributed by atoms with Crippen LogP contribution < -0.4 is 19.6 Å². The fraction of sp³-hybridized carbons (Fsp3) is 0.158. The number of carbonyl (C=O) groups excluding carboxylic acids is 1. The fourth-order valence-electron chi connectivity index (χ4n) is 2.15. The maximum Gasteiger partial charge on any atom is 0.275 e. The molecular formula is C19H16BrIN2O4. The molecule has 8 heteroatoms. The Morgan fingerprint density at radius 1 is 1.30 bits per heavy atom. The van der Waals surface area contributed by atoms with E-state index in [1.165, 1.54) is 20.4 Å². The van der Waals surface area contributed by atoms with Crippen molar-refractivity contribution in [1.82, 2.24) is 5.43 Å². The lowest BCUT2D eigenvalue weighted by atomic mass is 10.2. The fourth-order valence-corrected chi connectivity index (χ4v) is 3.29. The summed E-state index contributed by atoms with van der Waals surface area (Å²) in [6.45, 7) is 0.143. The van der Waals surface area contributed by atoms with Crippen LogP contribution in [0.5, 0.6) is 17.2 Å². The van der Waals surface area contributed by atoms with Gasteiger partial charge in [0.05, 0.1) is 29.6 Å². The van der Waals surface area contributed by atoms with Crippen molar-refractivity contribution in [1.29, 1.82) is 0 Å². The zero-order valence-electron chi connectivity index (χ0n) is 14.6. The molecule has 0 radical (unpaired) electrons. The van der Waals surface area contributed by atoms with Crippen molar-refractivity contribution in [3.63, 3.8) is 0 Å². The minimum absolute atomic E-state index is 0.143. The van der Waals surface area contributed by atoms with Crippen molar-refractivity contribution < 1.29 is 19.0 Å². The van der Waals surface area contributed by atoms with Crippen LogP contribution in [0.1, 0.15) is 15.9 Å². The van der Waals surface area contributed by atoms with Crippen LogP contribution in [0.4, 0.5) is 0 Å². The van der Waals surface area contributed by atoms with Crippen LogP contribution in [0.3, 0.4) is 0 Å². The lowest BCUT2D eigenvalue weighted by Crippen LogP contribution is -2.18. The number of halogens is 2. The first kappa shape index (κ1) is 21.1. The maximum absolute atomic E-state index is 12.3. The van der Waals surface area contributed by atoms with E-state index in [0.29, 0.717) is 22.8 Å². The van der Waals surface area contributed by atoms with Gasteiger partial charge in [-0.25, -0.2) is 5.43 Å². The Hall–Kier alpha value is -2.25. The highest BCUT2D eigenvalue weighted by atomic mass is 127. The zero-order chi connectivity index (χ0) is 19.8. The van der Waals surface area contributed by atoms with Crippen molar-refractivity contribution >= 4 is 50.6 Å². The number of nitrogens with one attached hydrogen (secondary N) is 1. The molecule has 2 aromatic carbocycles. The Kier molecular flexibility index (Phi) is 7.94. The Bertz CT molecular complexity index is 909. The second-order valence-corrected chi connectivity index (χ2v) is 7.15. The van der Waals surface area contributed by atoms with Crippen molar-refractivity contribution in [3.8, 4) is 29.6 Å². The lowest BCUT2D eigenvalue weighted by molar-refractivity contribution is 0.0952. The number of carbonyl (C=O) groups is 1. The molecule has 27 heavy (non-hydrogen) atoms. The Labute approximate surface area is 179 Å². The maximum atomic E-state index is 12.3. The predicted molar refractivity (Wildman–Crippen MR) is 116 cm³/mol. The van der Waals surface area contributed by atoms with Gasteiger partial charge in [-0.05, 0) is 58.5 Å². The second-order valence-electron chi connectivity index (χ2n) is 5.07. The summed E-state index contributed by atoms with van der Waals surface area (Å²) in [5, 5.41) is 4.00. The van der Waals surface area contributed by atoms with E-state index in [0.717, 1.165) is 13.6 Å². The van der Waals surface area contributed by atoms with E-state index in [2.05, 4.69) is 55.0 Å². The zero-order valence-corrected chi connectivity index (χ0v) is 18.3. The number of terminal acetylenes is 1. The van der Waals surface area contributed by atoms with Crippen molar-refractivity contribution in [3.05, 3.63) is 49.5 Å². The molecule has 0 saturated carbocycles. The molecule has 140 valence electrons. The average Bonchev–Trinajstić information content (AvgIpc) is 2.66. The Morgan fingerprint density at radius 2 is 2.04 bits per heavy atom. The minimum Gasteiger partial charge on any atom is -0.496 e. The number of hydrogen-bond acceptors (Lipinski definition) is 5. The highest BCUT2D eigenvalue weighted by molar-refractivity contribution is 14.1. The number of hydrogen-bond donors (Lipinski definition) is 1. The van der Waals surface area contributed by atoms with Crippen molar-refractivity contribution in [2.75, 3.05) is 20.8 Å². The highest BCUT2D eigenvalue weighted by Crippen LogP contribution is 2.33. The standard InChI is InChI=1S/C19H16BrIN2O4/c1-4-7-27-18-15(21)8-12(9-17(18)26-3)11-22-23-19(24)14-10-13(20)5-6-16(14)25-2/h1,5-6,8-11H,7H2,2-3H3,(H,23,24)/b22-11-. The molecule has 0 aliphatic carbocycles. The predicted octanol–water partition coefficient (Wildman–Crippen LogP) is 3.85. The van der Waals surface area contributed by atoms with Crippen LogP contribution in [0.2, 0.25) is 0 Å². The molecule has 6 nitrogen and oxygen atoms in total. The molecule has 0 saturated heterocycles. The van der Waals surface area contributed by atoms with E-state index in [1.54, 1.807) is 24.3 Å². The summed E-state index contributed by atoms with van der Waals surface area (Å²) < 4.78 is 17.6. The molecule has 2 aromatic rings. The third kappa shape index (κ3) is 5.61. The average molecular weight is 543 g/mol. The van der Waals surface area contributed by atoms with Crippen LogP contribution in [0, 0.1) is 15.9 Å². The summed E-state index contributed by atoms with van der Waals surface area (Å²) in [5.41, 5.74) is 3.58. The third-order valence-corrected chi connectivity index (χ3v) is 4.63. The lowest BCUT2D eigenvalue weighted by Gasteiger charge is -2.11. The number of amides is 1. The third-order valence-electron chi connectivity index (χ3n) is 3.34. The van der Waals surface area contributed by atoms with Crippen LogP contribution >= 0.6 is 38.5 Å². The quantitative estimate of drug-likeness (QED) is 0.250. The molecule has 0 heterocycles. The Morgan fingerprint density at radius 3 is 2.70 bits per heavy atom. The number of methoxy groups -OCH3 is 2. The van der Waals surface area contributed by atoms with Gasteiger partial charge in [0, 0.05) is 4.47 Å². The molecule has 0 aromatic heterocycles. The summed E-state index contributed by atoms with van der Waals surface area (Å²) in [4.78, 5) is 12.3. The highest BCUT2D eigenvalue weighted by Gasteiger charge is 2.13. The van der Waals surface area contributed by atoms with E-state index in [1.807, 2.05) is 6.07 Å². The molecule has 0 fully saturated rings. The Balaban J connectivity index is 2.17. The SMILES string of the molecule is C#CCOc1c(I)cc(/C=N\NC(=O)c2cc(Br)ccc2OC)cc1OC. The topological polar surface area (TPSA) is 69.2 Å². The van der Waals surface area contributed by atoms with Gasteiger partial charge >= 0.3 is 0 Å². The molecule has 0 atom stereocenters. The van der Waals surface area contributed by atoms with Gasteiger partial charge in [-0.1, -0.05) is 21.9 Å². The molecule has 0 aliphatic heterocycles. The summed E-state index contributed by atoms with van der Waals surface area (Å²) in [6.07, 6.45) is 6.74.